The van der Waals surface area contributed by atoms with E-state index in [1.54, 1.807) is 0 Å². The van der Waals surface area contributed by atoms with Crippen molar-refractivity contribution in [3.05, 3.63) is 17.6 Å². The monoisotopic (exact) mass is 290 g/mol. The van der Waals surface area contributed by atoms with Crippen LogP contribution in [0.15, 0.2) is 6.07 Å². The number of nitrogens with zero attached hydrogens (tertiary/aromatic N) is 3. The normalized spacial score (nSPS) is 21.1. The number of aryl methyl sites for hydroxylation is 1. The van der Waals surface area contributed by atoms with Gasteiger partial charge in [0.1, 0.15) is 11.6 Å². The number of hydrogen-bond donors (Lipinski definition) is 1. The highest BCUT2D eigenvalue weighted by molar-refractivity contribution is 5.34. The molecule has 1 unspecified atom stereocenters. The number of nitrogens with one attached hydrogen (secondary N) is 1. The lowest BCUT2D eigenvalue weighted by molar-refractivity contribution is 0.205. The van der Waals surface area contributed by atoms with E-state index in [4.69, 9.17) is 0 Å². The third-order valence-corrected chi connectivity index (χ3v) is 4.57. The van der Waals surface area contributed by atoms with E-state index in [-0.39, 0.29) is 0 Å². The van der Waals surface area contributed by atoms with Gasteiger partial charge in [-0.05, 0) is 50.6 Å². The summed E-state index contributed by atoms with van der Waals surface area (Å²) >= 11 is 0. The molecule has 1 saturated heterocycles. The highest BCUT2D eigenvalue weighted by Gasteiger charge is 2.27. The molecule has 118 valence electrons. The first-order valence-electron chi connectivity index (χ1n) is 8.13. The molecule has 0 radical (unpaired) electrons. The van der Waals surface area contributed by atoms with Crippen molar-refractivity contribution in [3.63, 3.8) is 0 Å². The molecule has 0 aromatic carbocycles. The predicted octanol–water partition coefficient (Wildman–Crippen LogP) is 3.47. The summed E-state index contributed by atoms with van der Waals surface area (Å²) in [6.45, 7) is 12.3. The molecule has 0 saturated carbocycles. The van der Waals surface area contributed by atoms with Crippen molar-refractivity contribution in [2.45, 2.75) is 53.5 Å². The van der Waals surface area contributed by atoms with Crippen molar-refractivity contribution in [1.29, 1.82) is 0 Å². The van der Waals surface area contributed by atoms with Crippen LogP contribution in [0.1, 0.15) is 51.6 Å². The minimum absolute atomic E-state index is 0.426. The summed E-state index contributed by atoms with van der Waals surface area (Å²) in [6, 6.07) is 1.99. The summed E-state index contributed by atoms with van der Waals surface area (Å²) < 4.78 is 0. The van der Waals surface area contributed by atoms with Crippen molar-refractivity contribution in [3.8, 4) is 0 Å². The van der Waals surface area contributed by atoms with Crippen LogP contribution >= 0.6 is 0 Å². The number of hydrogen-bond acceptors (Lipinski definition) is 4. The Labute approximate surface area is 129 Å². The van der Waals surface area contributed by atoms with Gasteiger partial charge in [-0.25, -0.2) is 9.97 Å². The van der Waals surface area contributed by atoms with Gasteiger partial charge in [0.25, 0.3) is 0 Å². The summed E-state index contributed by atoms with van der Waals surface area (Å²) in [5.41, 5.74) is 1.46. The third-order valence-electron chi connectivity index (χ3n) is 4.57. The Morgan fingerprint density at radius 3 is 2.67 bits per heavy atom. The zero-order valence-corrected chi connectivity index (χ0v) is 14.2. The smallest absolute Gasteiger partial charge is 0.144 e. The maximum atomic E-state index is 4.58. The molecule has 1 aliphatic rings. The van der Waals surface area contributed by atoms with Crippen LogP contribution in [-0.4, -0.2) is 35.0 Å². The van der Waals surface area contributed by atoms with Crippen LogP contribution in [0.4, 0.5) is 5.82 Å². The fourth-order valence-electron chi connectivity index (χ4n) is 3.21. The van der Waals surface area contributed by atoms with Crippen LogP contribution in [0.5, 0.6) is 0 Å². The molecule has 0 spiro atoms. The van der Waals surface area contributed by atoms with Gasteiger partial charge < -0.3 is 5.32 Å². The van der Waals surface area contributed by atoms with E-state index in [9.17, 15) is 0 Å². The largest absolute Gasteiger partial charge is 0.373 e. The Balaban J connectivity index is 1.99. The Bertz CT molecular complexity index is 464. The summed E-state index contributed by atoms with van der Waals surface area (Å²) in [5.74, 6) is 2.68. The van der Waals surface area contributed by atoms with E-state index in [2.05, 4.69) is 41.0 Å². The molecule has 1 aromatic rings. The van der Waals surface area contributed by atoms with Crippen molar-refractivity contribution in [2.75, 3.05) is 25.5 Å². The van der Waals surface area contributed by atoms with Crippen LogP contribution in [0.25, 0.3) is 0 Å². The maximum Gasteiger partial charge on any atom is 0.144 e. The first kappa shape index (κ1) is 16.2. The lowest BCUT2D eigenvalue weighted by atomic mass is 9.77. The second-order valence-electron chi connectivity index (χ2n) is 7.33. The lowest BCUT2D eigenvalue weighted by Gasteiger charge is -2.29. The third kappa shape index (κ3) is 4.67. The minimum atomic E-state index is 0.426. The standard InChI is InChI=1S/C17H30N4/c1-13-11-15(18-5)20-16(19-13)12-21-9-6-7-14(8-10-21)17(2,3)4/h11,14H,6-10,12H2,1-5H3,(H,18,19,20). The van der Waals surface area contributed by atoms with E-state index in [0.717, 1.165) is 36.3 Å². The molecule has 1 fully saturated rings. The topological polar surface area (TPSA) is 41.1 Å². The molecule has 0 amide bonds. The van der Waals surface area contributed by atoms with Crippen LogP contribution in [0.2, 0.25) is 0 Å². The van der Waals surface area contributed by atoms with Gasteiger partial charge >= 0.3 is 0 Å². The Morgan fingerprint density at radius 1 is 1.24 bits per heavy atom. The highest BCUT2D eigenvalue weighted by atomic mass is 15.2. The molecule has 1 N–H and O–H groups in total. The van der Waals surface area contributed by atoms with Crippen LogP contribution < -0.4 is 5.32 Å². The first-order chi connectivity index (χ1) is 9.88. The molecular weight excluding hydrogens is 260 g/mol. The Hall–Kier alpha value is -1.16. The number of anilines is 1. The number of rotatable bonds is 3. The van der Waals surface area contributed by atoms with Gasteiger partial charge in [-0.1, -0.05) is 20.8 Å². The quantitative estimate of drug-likeness (QED) is 0.925. The summed E-state index contributed by atoms with van der Waals surface area (Å²) in [5, 5.41) is 3.12. The molecule has 2 heterocycles. The SMILES string of the molecule is CNc1cc(C)nc(CN2CCCC(C(C)(C)C)CC2)n1. The molecule has 0 aliphatic carbocycles. The van der Waals surface area contributed by atoms with E-state index in [0.29, 0.717) is 5.41 Å². The molecular formula is C17H30N4. The first-order valence-corrected chi connectivity index (χ1v) is 8.13. The van der Waals surface area contributed by atoms with Gasteiger partial charge in [0, 0.05) is 18.8 Å². The average Bonchev–Trinajstić information content (AvgIpc) is 2.63. The molecule has 1 aromatic heterocycles. The highest BCUT2D eigenvalue weighted by Crippen LogP contribution is 2.34. The van der Waals surface area contributed by atoms with Gasteiger partial charge in [-0.2, -0.15) is 0 Å². The van der Waals surface area contributed by atoms with Crippen LogP contribution in [0, 0.1) is 18.3 Å². The van der Waals surface area contributed by atoms with E-state index in [1.807, 2.05) is 20.0 Å². The van der Waals surface area contributed by atoms with Crippen molar-refractivity contribution in [1.82, 2.24) is 14.9 Å². The molecule has 1 atom stereocenters. The zero-order valence-electron chi connectivity index (χ0n) is 14.2. The molecule has 2 rings (SSSR count). The van der Waals surface area contributed by atoms with E-state index >= 15 is 0 Å². The van der Waals surface area contributed by atoms with E-state index in [1.165, 1.54) is 25.8 Å². The van der Waals surface area contributed by atoms with Crippen molar-refractivity contribution in [2.24, 2.45) is 11.3 Å². The lowest BCUT2D eigenvalue weighted by Crippen LogP contribution is -2.27. The van der Waals surface area contributed by atoms with Gasteiger partial charge in [0.15, 0.2) is 0 Å². The fraction of sp³-hybridized carbons (Fsp3) is 0.765. The number of aromatic nitrogens is 2. The zero-order chi connectivity index (χ0) is 15.5. The van der Waals surface area contributed by atoms with Crippen LogP contribution in [-0.2, 0) is 6.54 Å². The second-order valence-corrected chi connectivity index (χ2v) is 7.33. The minimum Gasteiger partial charge on any atom is -0.373 e. The molecule has 4 nitrogen and oxygen atoms in total. The molecule has 4 heteroatoms. The van der Waals surface area contributed by atoms with Gasteiger partial charge in [-0.3, -0.25) is 4.90 Å². The fourth-order valence-corrected chi connectivity index (χ4v) is 3.21. The number of likely N-dealkylation sites (tertiary alicyclic amines) is 1. The average molecular weight is 290 g/mol. The van der Waals surface area contributed by atoms with Gasteiger partial charge in [0.2, 0.25) is 0 Å². The van der Waals surface area contributed by atoms with Crippen LogP contribution in [0.3, 0.4) is 0 Å². The molecule has 21 heavy (non-hydrogen) atoms. The van der Waals surface area contributed by atoms with Crippen molar-refractivity contribution >= 4 is 5.82 Å². The molecule has 0 bridgehead atoms. The molecule has 1 aliphatic heterocycles. The van der Waals surface area contributed by atoms with Crippen molar-refractivity contribution < 1.29 is 0 Å². The van der Waals surface area contributed by atoms with Gasteiger partial charge in [0.05, 0.1) is 6.54 Å². The Kier molecular flexibility index (Phi) is 5.20. The van der Waals surface area contributed by atoms with Gasteiger partial charge in [-0.15, -0.1) is 0 Å². The Morgan fingerprint density at radius 2 is 2.00 bits per heavy atom. The summed E-state index contributed by atoms with van der Waals surface area (Å²) in [4.78, 5) is 11.7. The summed E-state index contributed by atoms with van der Waals surface area (Å²) in [7, 11) is 1.91. The predicted molar refractivity (Wildman–Crippen MR) is 88.4 cm³/mol. The van der Waals surface area contributed by atoms with E-state index < -0.39 is 0 Å². The maximum absolute atomic E-state index is 4.58. The second kappa shape index (κ2) is 6.73. The summed E-state index contributed by atoms with van der Waals surface area (Å²) in [6.07, 6.45) is 3.91.